The van der Waals surface area contributed by atoms with E-state index in [1.54, 1.807) is 41.5 Å². The number of hydrogen-bond acceptors (Lipinski definition) is 7. The molecule has 0 aromatic heterocycles. The summed E-state index contributed by atoms with van der Waals surface area (Å²) in [6.45, 7) is 9.83. The minimum atomic E-state index is -0.639. The van der Waals surface area contributed by atoms with Crippen LogP contribution < -0.4 is 0 Å². The summed E-state index contributed by atoms with van der Waals surface area (Å²) in [6.07, 6.45) is 0. The van der Waals surface area contributed by atoms with Gasteiger partial charge in [0.05, 0.1) is 26.7 Å². The summed E-state index contributed by atoms with van der Waals surface area (Å²) in [5.74, 6) is -1.60. The Morgan fingerprint density at radius 2 is 1.05 bits per heavy atom. The van der Waals surface area contributed by atoms with Crippen molar-refractivity contribution in [3.63, 3.8) is 0 Å². The first-order chi connectivity index (χ1) is 9.82. The normalized spacial score (nSPS) is 12.0. The van der Waals surface area contributed by atoms with Crippen molar-refractivity contribution >= 4 is 17.9 Å². The minimum absolute atomic E-state index is 0.199. The van der Waals surface area contributed by atoms with Gasteiger partial charge in [-0.05, 0) is 41.5 Å². The summed E-state index contributed by atoms with van der Waals surface area (Å²) in [4.78, 5) is 36.4. The number of methoxy groups -OCH3 is 1. The van der Waals surface area contributed by atoms with E-state index in [2.05, 4.69) is 4.74 Å². The van der Waals surface area contributed by atoms with Gasteiger partial charge < -0.3 is 14.2 Å². The Morgan fingerprint density at radius 3 is 1.32 bits per heavy atom. The highest BCUT2D eigenvalue weighted by Gasteiger charge is 2.24. The average Bonchev–Trinajstić information content (AvgIpc) is 2.22. The van der Waals surface area contributed by atoms with Gasteiger partial charge >= 0.3 is 17.9 Å². The summed E-state index contributed by atoms with van der Waals surface area (Å²) < 4.78 is 14.9. The topological polar surface area (TPSA) is 82.1 Å². The van der Waals surface area contributed by atoms with Crippen molar-refractivity contribution in [1.82, 2.24) is 4.90 Å². The zero-order valence-electron chi connectivity index (χ0n) is 14.5. The largest absolute Gasteiger partial charge is 0.468 e. The monoisotopic (exact) mass is 317 g/mol. The van der Waals surface area contributed by atoms with Crippen LogP contribution in [0, 0.1) is 0 Å². The molecule has 0 heterocycles. The molecule has 0 radical (unpaired) electrons. The molecule has 7 heteroatoms. The summed E-state index contributed by atoms with van der Waals surface area (Å²) in [5, 5.41) is 0. The standard InChI is InChI=1S/C15H27NO6/c1-14(2,3)21-12(18)9-16(8-11(17)20-7)10-13(19)22-15(4,5)6/h8-10H2,1-7H3. The number of carbonyl (C=O) groups is 3. The number of rotatable bonds is 6. The zero-order chi connectivity index (χ0) is 17.6. The average molecular weight is 317 g/mol. The zero-order valence-corrected chi connectivity index (χ0v) is 14.5. The lowest BCUT2D eigenvalue weighted by Gasteiger charge is -2.25. The van der Waals surface area contributed by atoms with E-state index in [1.807, 2.05) is 0 Å². The van der Waals surface area contributed by atoms with E-state index < -0.39 is 29.1 Å². The van der Waals surface area contributed by atoms with Gasteiger partial charge in [0, 0.05) is 0 Å². The van der Waals surface area contributed by atoms with E-state index in [9.17, 15) is 14.4 Å². The Hall–Kier alpha value is -1.63. The molecule has 0 unspecified atom stereocenters. The first-order valence-corrected chi connectivity index (χ1v) is 7.05. The molecule has 22 heavy (non-hydrogen) atoms. The second-order valence-corrected chi connectivity index (χ2v) is 6.89. The van der Waals surface area contributed by atoms with Gasteiger partial charge in [-0.15, -0.1) is 0 Å². The maximum Gasteiger partial charge on any atom is 0.320 e. The SMILES string of the molecule is COC(=O)CN(CC(=O)OC(C)(C)C)CC(=O)OC(C)(C)C. The minimum Gasteiger partial charge on any atom is -0.468 e. The van der Waals surface area contributed by atoms with Crippen molar-refractivity contribution in [2.45, 2.75) is 52.7 Å². The Bertz CT molecular complexity index is 375. The van der Waals surface area contributed by atoms with Gasteiger partial charge in [0.1, 0.15) is 11.2 Å². The first-order valence-electron chi connectivity index (χ1n) is 7.05. The van der Waals surface area contributed by atoms with Crippen LogP contribution in [-0.4, -0.2) is 60.8 Å². The van der Waals surface area contributed by atoms with E-state index in [-0.39, 0.29) is 19.6 Å². The molecule has 7 nitrogen and oxygen atoms in total. The molecule has 0 aromatic rings. The molecule has 128 valence electrons. The summed E-state index contributed by atoms with van der Waals surface area (Å²) in [7, 11) is 1.24. The van der Waals surface area contributed by atoms with E-state index in [0.717, 1.165) is 0 Å². The second-order valence-electron chi connectivity index (χ2n) is 6.89. The number of esters is 3. The van der Waals surface area contributed by atoms with Gasteiger partial charge in [0.25, 0.3) is 0 Å². The molecule has 0 amide bonds. The lowest BCUT2D eigenvalue weighted by molar-refractivity contribution is -0.160. The molecule has 0 aliphatic heterocycles. The molecule has 0 atom stereocenters. The van der Waals surface area contributed by atoms with E-state index in [4.69, 9.17) is 9.47 Å². The third-order valence-corrected chi connectivity index (χ3v) is 2.13. The summed E-state index contributed by atoms with van der Waals surface area (Å²) in [6, 6.07) is 0. The highest BCUT2D eigenvalue weighted by Crippen LogP contribution is 2.09. The molecule has 0 rings (SSSR count). The number of ether oxygens (including phenoxy) is 3. The summed E-state index contributed by atoms with van der Waals surface area (Å²) in [5.41, 5.74) is -1.28. The van der Waals surface area contributed by atoms with Crippen molar-refractivity contribution in [3.8, 4) is 0 Å². The third kappa shape index (κ3) is 11.1. The van der Waals surface area contributed by atoms with E-state index in [1.165, 1.54) is 12.0 Å². The van der Waals surface area contributed by atoms with Gasteiger partial charge in [-0.1, -0.05) is 0 Å². The molecule has 0 spiro atoms. The van der Waals surface area contributed by atoms with E-state index >= 15 is 0 Å². The maximum absolute atomic E-state index is 11.8. The third-order valence-electron chi connectivity index (χ3n) is 2.13. The summed E-state index contributed by atoms with van der Waals surface area (Å²) >= 11 is 0. The van der Waals surface area contributed by atoms with Gasteiger partial charge in [-0.25, -0.2) is 0 Å². The molecule has 0 N–H and O–H groups in total. The number of nitrogens with zero attached hydrogens (tertiary/aromatic N) is 1. The van der Waals surface area contributed by atoms with Crippen LogP contribution in [0.25, 0.3) is 0 Å². The van der Waals surface area contributed by atoms with Gasteiger partial charge in [-0.3, -0.25) is 19.3 Å². The molecule has 0 aliphatic carbocycles. The van der Waals surface area contributed by atoms with Crippen molar-refractivity contribution < 1.29 is 28.6 Å². The predicted octanol–water partition coefficient (Wildman–Crippen LogP) is 1.14. The van der Waals surface area contributed by atoms with Crippen molar-refractivity contribution in [1.29, 1.82) is 0 Å². The van der Waals surface area contributed by atoms with Crippen molar-refractivity contribution in [3.05, 3.63) is 0 Å². The molecule has 0 bridgehead atoms. The van der Waals surface area contributed by atoms with Gasteiger partial charge in [0.15, 0.2) is 0 Å². The lowest BCUT2D eigenvalue weighted by atomic mass is 10.2. The lowest BCUT2D eigenvalue weighted by Crippen LogP contribution is -2.42. The van der Waals surface area contributed by atoms with E-state index in [0.29, 0.717) is 0 Å². The van der Waals surface area contributed by atoms with Gasteiger partial charge in [-0.2, -0.15) is 0 Å². The Kier molecular flexibility index (Phi) is 7.52. The fourth-order valence-corrected chi connectivity index (χ4v) is 1.53. The van der Waals surface area contributed by atoms with Crippen LogP contribution in [0.4, 0.5) is 0 Å². The van der Waals surface area contributed by atoms with Crippen molar-refractivity contribution in [2.24, 2.45) is 0 Å². The van der Waals surface area contributed by atoms with Crippen LogP contribution >= 0.6 is 0 Å². The predicted molar refractivity (Wildman–Crippen MR) is 80.1 cm³/mol. The van der Waals surface area contributed by atoms with Crippen LogP contribution in [-0.2, 0) is 28.6 Å². The smallest absolute Gasteiger partial charge is 0.320 e. The van der Waals surface area contributed by atoms with Crippen molar-refractivity contribution in [2.75, 3.05) is 26.7 Å². The molecule has 0 saturated carbocycles. The van der Waals surface area contributed by atoms with Crippen LogP contribution in [0.5, 0.6) is 0 Å². The number of carbonyl (C=O) groups excluding carboxylic acids is 3. The van der Waals surface area contributed by atoms with Gasteiger partial charge in [0.2, 0.25) is 0 Å². The first kappa shape index (κ1) is 20.4. The molecule has 0 aliphatic rings. The fourth-order valence-electron chi connectivity index (χ4n) is 1.53. The Morgan fingerprint density at radius 1 is 0.727 bits per heavy atom. The number of hydrogen-bond donors (Lipinski definition) is 0. The molecule has 0 fully saturated rings. The van der Waals surface area contributed by atoms with Crippen LogP contribution in [0.2, 0.25) is 0 Å². The second kappa shape index (κ2) is 8.12. The van der Waals surface area contributed by atoms with Crippen LogP contribution in [0.1, 0.15) is 41.5 Å². The van der Waals surface area contributed by atoms with Crippen LogP contribution in [0.3, 0.4) is 0 Å². The molecule has 0 saturated heterocycles. The molecular formula is C15H27NO6. The molecular weight excluding hydrogens is 290 g/mol. The Labute approximate surface area is 131 Å². The highest BCUT2D eigenvalue weighted by molar-refractivity contribution is 5.78. The Balaban J connectivity index is 4.72. The quantitative estimate of drug-likeness (QED) is 0.537. The maximum atomic E-state index is 11.8. The molecule has 0 aromatic carbocycles. The highest BCUT2D eigenvalue weighted by atomic mass is 16.6. The fraction of sp³-hybridized carbons (Fsp3) is 0.800. The van der Waals surface area contributed by atoms with Crippen LogP contribution in [0.15, 0.2) is 0 Å².